The van der Waals surface area contributed by atoms with Crippen LogP contribution in [0, 0.1) is 0 Å². The average molecular weight is 397 g/mol. The number of hydrogen-bond acceptors (Lipinski definition) is 5. The summed E-state index contributed by atoms with van der Waals surface area (Å²) in [6.45, 7) is 3.92. The predicted octanol–water partition coefficient (Wildman–Crippen LogP) is 1.97. The first-order chi connectivity index (χ1) is 13.9. The van der Waals surface area contributed by atoms with Gasteiger partial charge < -0.3 is 14.8 Å². The lowest BCUT2D eigenvalue weighted by molar-refractivity contribution is -0.122. The molecule has 0 saturated carbocycles. The van der Waals surface area contributed by atoms with Gasteiger partial charge in [-0.25, -0.2) is 4.68 Å². The van der Waals surface area contributed by atoms with E-state index in [2.05, 4.69) is 10.4 Å². The topological polar surface area (TPSA) is 102 Å². The molecule has 8 heteroatoms. The van der Waals surface area contributed by atoms with Gasteiger partial charge in [0.05, 0.1) is 30.5 Å². The van der Waals surface area contributed by atoms with Crippen LogP contribution >= 0.6 is 0 Å². The van der Waals surface area contributed by atoms with Crippen molar-refractivity contribution in [2.24, 2.45) is 0 Å². The van der Waals surface area contributed by atoms with Crippen molar-refractivity contribution < 1.29 is 14.3 Å². The summed E-state index contributed by atoms with van der Waals surface area (Å²) in [6.07, 6.45) is 0. The predicted molar refractivity (Wildman–Crippen MR) is 110 cm³/mol. The number of aromatic nitrogens is 2. The van der Waals surface area contributed by atoms with Gasteiger partial charge in [0.1, 0.15) is 6.54 Å². The fourth-order valence-corrected chi connectivity index (χ4v) is 3.10. The summed E-state index contributed by atoms with van der Waals surface area (Å²) in [5.74, 6) is 0.788. The molecule has 1 unspecified atom stereocenters. The molecule has 0 aliphatic heterocycles. The van der Waals surface area contributed by atoms with Crippen LogP contribution < -0.4 is 25.9 Å². The first-order valence-electron chi connectivity index (χ1n) is 9.26. The second-order valence-corrected chi connectivity index (χ2v) is 6.51. The lowest BCUT2D eigenvalue weighted by Crippen LogP contribution is -2.37. The van der Waals surface area contributed by atoms with Crippen molar-refractivity contribution in [3.05, 3.63) is 68.7 Å². The first-order valence-corrected chi connectivity index (χ1v) is 9.26. The summed E-state index contributed by atoms with van der Waals surface area (Å²) in [7, 11) is 1.55. The zero-order valence-corrected chi connectivity index (χ0v) is 16.5. The smallest absolute Gasteiger partial charge is 0.273 e. The number of rotatable bonds is 7. The van der Waals surface area contributed by atoms with Gasteiger partial charge >= 0.3 is 0 Å². The van der Waals surface area contributed by atoms with Crippen LogP contribution in [0.25, 0.3) is 10.8 Å². The summed E-state index contributed by atoms with van der Waals surface area (Å²) in [5.41, 5.74) is -0.0268. The molecule has 0 aliphatic carbocycles. The summed E-state index contributed by atoms with van der Waals surface area (Å²) in [5, 5.41) is 5.85. The third kappa shape index (κ3) is 4.31. The Labute approximate surface area is 167 Å². The van der Waals surface area contributed by atoms with Gasteiger partial charge in [-0.2, -0.15) is 0 Å². The maximum absolute atomic E-state index is 12.5. The van der Waals surface area contributed by atoms with Crippen LogP contribution in [0.4, 0.5) is 0 Å². The lowest BCUT2D eigenvalue weighted by atomic mass is 10.1. The van der Waals surface area contributed by atoms with Gasteiger partial charge in [-0.15, -0.1) is 0 Å². The van der Waals surface area contributed by atoms with Crippen LogP contribution in [0.15, 0.2) is 52.1 Å². The van der Waals surface area contributed by atoms with E-state index >= 15 is 0 Å². The quantitative estimate of drug-likeness (QED) is 0.635. The fourth-order valence-electron chi connectivity index (χ4n) is 3.10. The molecule has 0 radical (unpaired) electrons. The second kappa shape index (κ2) is 8.64. The number of methoxy groups -OCH3 is 1. The maximum Gasteiger partial charge on any atom is 0.273 e. The number of benzene rings is 2. The van der Waals surface area contributed by atoms with E-state index in [0.29, 0.717) is 23.5 Å². The second-order valence-electron chi connectivity index (χ2n) is 6.51. The van der Waals surface area contributed by atoms with E-state index in [1.807, 2.05) is 19.9 Å². The molecule has 152 valence electrons. The number of carbonyl (C=O) groups is 1. The highest BCUT2D eigenvalue weighted by Crippen LogP contribution is 2.30. The van der Waals surface area contributed by atoms with Crippen LogP contribution in [0.2, 0.25) is 0 Å². The number of nitrogens with zero attached hydrogens (tertiary/aromatic N) is 1. The summed E-state index contributed by atoms with van der Waals surface area (Å²) in [4.78, 5) is 37.2. The van der Waals surface area contributed by atoms with Gasteiger partial charge in [-0.3, -0.25) is 19.5 Å². The Morgan fingerprint density at radius 2 is 1.86 bits per heavy atom. The van der Waals surface area contributed by atoms with E-state index in [-0.39, 0.29) is 18.0 Å². The molecule has 0 saturated heterocycles. The highest BCUT2D eigenvalue weighted by Gasteiger charge is 2.15. The number of amides is 1. The van der Waals surface area contributed by atoms with E-state index in [0.717, 1.165) is 10.2 Å². The number of H-pyrrole nitrogens is 1. The van der Waals surface area contributed by atoms with E-state index in [4.69, 9.17) is 9.47 Å². The summed E-state index contributed by atoms with van der Waals surface area (Å²) in [6, 6.07) is 11.6. The Balaban J connectivity index is 1.77. The molecule has 0 fully saturated rings. The number of nitrogens with one attached hydrogen (secondary N) is 2. The van der Waals surface area contributed by atoms with Crippen LogP contribution in [0.1, 0.15) is 25.5 Å². The van der Waals surface area contributed by atoms with Crippen molar-refractivity contribution in [3.8, 4) is 11.5 Å². The highest BCUT2D eigenvalue weighted by molar-refractivity contribution is 5.81. The molecule has 1 amide bonds. The van der Waals surface area contributed by atoms with Gasteiger partial charge in [-0.05, 0) is 43.7 Å². The lowest BCUT2D eigenvalue weighted by Gasteiger charge is -2.17. The Bertz CT molecular complexity index is 1150. The van der Waals surface area contributed by atoms with Crippen molar-refractivity contribution in [2.75, 3.05) is 13.7 Å². The molecule has 3 rings (SSSR count). The van der Waals surface area contributed by atoms with Crippen LogP contribution in [-0.2, 0) is 11.3 Å². The molecule has 0 spiro atoms. The third-order valence-corrected chi connectivity index (χ3v) is 4.55. The van der Waals surface area contributed by atoms with Crippen molar-refractivity contribution in [3.63, 3.8) is 0 Å². The highest BCUT2D eigenvalue weighted by atomic mass is 16.5. The van der Waals surface area contributed by atoms with Crippen LogP contribution in [0.3, 0.4) is 0 Å². The number of carbonyl (C=O) groups excluding carboxylic acids is 1. The summed E-state index contributed by atoms with van der Waals surface area (Å²) < 4.78 is 11.9. The Kier molecular flexibility index (Phi) is 6.01. The number of fused-ring (bicyclic) bond motifs is 1. The largest absolute Gasteiger partial charge is 0.493 e. The van der Waals surface area contributed by atoms with Gasteiger partial charge in [0.15, 0.2) is 11.5 Å². The zero-order chi connectivity index (χ0) is 21.0. The molecule has 3 aromatic rings. The average Bonchev–Trinajstić information content (AvgIpc) is 2.72. The normalized spacial score (nSPS) is 11.8. The minimum atomic E-state index is -0.425. The van der Waals surface area contributed by atoms with Gasteiger partial charge in [-0.1, -0.05) is 18.2 Å². The number of ether oxygens (including phenoxy) is 2. The molecule has 29 heavy (non-hydrogen) atoms. The van der Waals surface area contributed by atoms with Gasteiger partial charge in [0, 0.05) is 0 Å². The van der Waals surface area contributed by atoms with Crippen molar-refractivity contribution in [2.45, 2.75) is 26.4 Å². The molecule has 1 atom stereocenters. The van der Waals surface area contributed by atoms with Gasteiger partial charge in [0.25, 0.3) is 11.1 Å². The zero-order valence-electron chi connectivity index (χ0n) is 16.5. The molecule has 2 N–H and O–H groups in total. The Morgan fingerprint density at radius 3 is 2.55 bits per heavy atom. The standard InChI is InChI=1S/C21H23N3O5/c1-4-29-17-10-9-14(11-18(17)28-3)13(2)22-19(25)12-24-21(27)16-8-6-5-7-15(16)20(26)23-24/h5-11,13H,4,12H2,1-3H3,(H,22,25)(H,23,26). The van der Waals surface area contributed by atoms with Crippen LogP contribution in [-0.4, -0.2) is 29.4 Å². The number of hydrogen-bond donors (Lipinski definition) is 2. The van der Waals surface area contributed by atoms with E-state index in [9.17, 15) is 14.4 Å². The Morgan fingerprint density at radius 1 is 1.14 bits per heavy atom. The number of aromatic amines is 1. The Hall–Kier alpha value is -3.55. The molecule has 2 aromatic carbocycles. The molecule has 1 aromatic heterocycles. The molecular formula is C21H23N3O5. The first kappa shape index (κ1) is 20.2. The molecule has 0 bridgehead atoms. The van der Waals surface area contributed by atoms with Gasteiger partial charge in [0.2, 0.25) is 5.91 Å². The summed E-state index contributed by atoms with van der Waals surface area (Å²) >= 11 is 0. The fraction of sp³-hybridized carbons (Fsp3) is 0.286. The maximum atomic E-state index is 12.5. The monoisotopic (exact) mass is 397 g/mol. The molecule has 1 heterocycles. The van der Waals surface area contributed by atoms with Crippen molar-refractivity contribution in [1.82, 2.24) is 15.1 Å². The van der Waals surface area contributed by atoms with Crippen molar-refractivity contribution in [1.29, 1.82) is 0 Å². The van der Waals surface area contributed by atoms with Crippen LogP contribution in [0.5, 0.6) is 11.5 Å². The minimum absolute atomic E-state index is 0.272. The molecule has 0 aliphatic rings. The molecular weight excluding hydrogens is 374 g/mol. The SMILES string of the molecule is CCOc1ccc(C(C)NC(=O)Cn2[nH]c(=O)c3ccccc3c2=O)cc1OC. The van der Waals surface area contributed by atoms with Crippen molar-refractivity contribution >= 4 is 16.7 Å². The molecule has 8 nitrogen and oxygen atoms in total. The van der Waals surface area contributed by atoms with E-state index in [1.165, 1.54) is 0 Å². The minimum Gasteiger partial charge on any atom is -0.493 e. The van der Waals surface area contributed by atoms with E-state index < -0.39 is 17.0 Å². The third-order valence-electron chi connectivity index (χ3n) is 4.55. The van der Waals surface area contributed by atoms with E-state index in [1.54, 1.807) is 43.5 Å².